The molecule has 2 N–H and O–H groups in total. The van der Waals surface area contributed by atoms with E-state index in [1.54, 1.807) is 13.2 Å². The van der Waals surface area contributed by atoms with Crippen molar-refractivity contribution in [2.75, 3.05) is 19.5 Å². The van der Waals surface area contributed by atoms with Gasteiger partial charge in [-0.05, 0) is 30.5 Å². The van der Waals surface area contributed by atoms with Crippen LogP contribution >= 0.6 is 0 Å². The highest BCUT2D eigenvalue weighted by Gasteiger charge is 2.03. The Balaban J connectivity index is 1.74. The quantitative estimate of drug-likeness (QED) is 0.613. The molecule has 0 atom stereocenters. The number of unbranched alkanes of at least 4 members (excludes halogenated alkanes) is 1. The number of methoxy groups -OCH3 is 1. The van der Waals surface area contributed by atoms with Gasteiger partial charge in [0.1, 0.15) is 0 Å². The van der Waals surface area contributed by atoms with Gasteiger partial charge in [-0.1, -0.05) is 42.5 Å². The first kappa shape index (κ1) is 15.0. The van der Waals surface area contributed by atoms with E-state index in [-0.39, 0.29) is 0 Å². The van der Waals surface area contributed by atoms with Crippen LogP contribution in [0.25, 0.3) is 6.08 Å². The van der Waals surface area contributed by atoms with E-state index in [1.807, 2.05) is 30.3 Å². The zero-order valence-electron chi connectivity index (χ0n) is 12.3. The first-order chi connectivity index (χ1) is 10.3. The molecule has 3 heteroatoms. The van der Waals surface area contributed by atoms with E-state index in [4.69, 9.17) is 15.2 Å². The van der Waals surface area contributed by atoms with Crippen LogP contribution in [0, 0.1) is 0 Å². The van der Waals surface area contributed by atoms with Gasteiger partial charge < -0.3 is 15.2 Å². The van der Waals surface area contributed by atoms with E-state index < -0.39 is 0 Å². The number of hydrogen-bond donors (Lipinski definition) is 1. The number of anilines is 1. The van der Waals surface area contributed by atoms with Crippen LogP contribution in [0.5, 0.6) is 11.5 Å². The Labute approximate surface area is 126 Å². The molecule has 0 unspecified atom stereocenters. The lowest BCUT2D eigenvalue weighted by molar-refractivity contribution is 0.290. The molecule has 0 saturated heterocycles. The van der Waals surface area contributed by atoms with Crippen molar-refractivity contribution < 1.29 is 9.47 Å². The second kappa shape index (κ2) is 8.00. The fraction of sp³-hybridized carbons (Fsp3) is 0.222. The minimum Gasteiger partial charge on any atom is -0.493 e. The number of ether oxygens (including phenoxy) is 2. The molecule has 2 rings (SSSR count). The number of allylic oxidation sites excluding steroid dienone is 1. The predicted molar refractivity (Wildman–Crippen MR) is 87.6 cm³/mol. The lowest BCUT2D eigenvalue weighted by Crippen LogP contribution is -1.99. The van der Waals surface area contributed by atoms with Gasteiger partial charge in [-0.2, -0.15) is 0 Å². The van der Waals surface area contributed by atoms with Crippen LogP contribution in [0.1, 0.15) is 18.4 Å². The molecule has 0 aliphatic heterocycles. The van der Waals surface area contributed by atoms with Gasteiger partial charge in [0.05, 0.1) is 13.7 Å². The van der Waals surface area contributed by atoms with E-state index in [0.29, 0.717) is 18.0 Å². The smallest absolute Gasteiger partial charge is 0.162 e. The van der Waals surface area contributed by atoms with Crippen LogP contribution < -0.4 is 15.2 Å². The first-order valence-electron chi connectivity index (χ1n) is 7.07. The highest BCUT2D eigenvalue weighted by Crippen LogP contribution is 2.29. The third kappa shape index (κ3) is 4.88. The Morgan fingerprint density at radius 1 is 1.05 bits per heavy atom. The molecule has 0 aliphatic rings. The van der Waals surface area contributed by atoms with Gasteiger partial charge in [-0.15, -0.1) is 0 Å². The summed E-state index contributed by atoms with van der Waals surface area (Å²) < 4.78 is 11.0. The van der Waals surface area contributed by atoms with E-state index >= 15 is 0 Å². The summed E-state index contributed by atoms with van der Waals surface area (Å²) in [7, 11) is 1.62. The molecule has 110 valence electrons. The minimum absolute atomic E-state index is 0.652. The summed E-state index contributed by atoms with van der Waals surface area (Å²) in [5.74, 6) is 1.41. The van der Waals surface area contributed by atoms with Crippen molar-refractivity contribution in [2.24, 2.45) is 0 Å². The summed E-state index contributed by atoms with van der Waals surface area (Å²) in [6.45, 7) is 0.652. The number of benzene rings is 2. The molecule has 0 amide bonds. The van der Waals surface area contributed by atoms with Crippen molar-refractivity contribution in [3.8, 4) is 11.5 Å². The highest BCUT2D eigenvalue weighted by atomic mass is 16.5. The fourth-order valence-electron chi connectivity index (χ4n) is 1.97. The molecule has 0 heterocycles. The Morgan fingerprint density at radius 2 is 1.86 bits per heavy atom. The Morgan fingerprint density at radius 3 is 2.62 bits per heavy atom. The van der Waals surface area contributed by atoms with Gasteiger partial charge in [-0.3, -0.25) is 0 Å². The standard InChI is InChI=1S/C18H21NO2/c1-20-18-14-16(19)11-12-17(18)21-13-7-3-6-10-15-8-4-2-5-9-15/h2,4-6,8-12,14H,3,7,13,19H2,1H3/b10-6+. The molecular formula is C18H21NO2. The molecule has 0 fully saturated rings. The van der Waals surface area contributed by atoms with Crippen molar-refractivity contribution in [3.63, 3.8) is 0 Å². The molecule has 0 saturated carbocycles. The van der Waals surface area contributed by atoms with Crippen LogP contribution in [-0.4, -0.2) is 13.7 Å². The monoisotopic (exact) mass is 283 g/mol. The number of hydrogen-bond acceptors (Lipinski definition) is 3. The molecule has 0 aromatic heterocycles. The predicted octanol–water partition coefficient (Wildman–Crippen LogP) is 4.15. The Kier molecular flexibility index (Phi) is 5.71. The van der Waals surface area contributed by atoms with Crippen molar-refractivity contribution in [2.45, 2.75) is 12.8 Å². The molecule has 2 aromatic rings. The molecule has 2 aromatic carbocycles. The maximum Gasteiger partial charge on any atom is 0.162 e. The third-order valence-corrected chi connectivity index (χ3v) is 3.07. The van der Waals surface area contributed by atoms with Gasteiger partial charge in [0.15, 0.2) is 11.5 Å². The average Bonchev–Trinajstić information content (AvgIpc) is 2.52. The van der Waals surface area contributed by atoms with Crippen molar-refractivity contribution in [3.05, 3.63) is 60.2 Å². The van der Waals surface area contributed by atoms with Crippen LogP contribution in [0.2, 0.25) is 0 Å². The lowest BCUT2D eigenvalue weighted by Gasteiger charge is -2.10. The molecular weight excluding hydrogens is 262 g/mol. The normalized spacial score (nSPS) is 10.7. The third-order valence-electron chi connectivity index (χ3n) is 3.07. The molecule has 0 aliphatic carbocycles. The van der Waals surface area contributed by atoms with Gasteiger partial charge in [0.25, 0.3) is 0 Å². The fourth-order valence-corrected chi connectivity index (χ4v) is 1.97. The van der Waals surface area contributed by atoms with Gasteiger partial charge in [-0.25, -0.2) is 0 Å². The van der Waals surface area contributed by atoms with E-state index in [2.05, 4.69) is 24.3 Å². The molecule has 21 heavy (non-hydrogen) atoms. The van der Waals surface area contributed by atoms with Crippen LogP contribution in [0.4, 0.5) is 5.69 Å². The SMILES string of the molecule is COc1cc(N)ccc1OCCC/C=C/c1ccccc1. The second-order valence-electron chi connectivity index (χ2n) is 4.71. The zero-order chi connectivity index (χ0) is 14.9. The van der Waals surface area contributed by atoms with Crippen molar-refractivity contribution in [1.29, 1.82) is 0 Å². The van der Waals surface area contributed by atoms with Crippen LogP contribution in [-0.2, 0) is 0 Å². The minimum atomic E-state index is 0.652. The van der Waals surface area contributed by atoms with Crippen LogP contribution in [0.3, 0.4) is 0 Å². The average molecular weight is 283 g/mol. The summed E-state index contributed by atoms with van der Waals surface area (Å²) in [6.07, 6.45) is 6.23. The number of nitrogens with two attached hydrogens (primary N) is 1. The lowest BCUT2D eigenvalue weighted by atomic mass is 10.2. The summed E-state index contributed by atoms with van der Waals surface area (Å²) in [5, 5.41) is 0. The Hall–Kier alpha value is -2.42. The van der Waals surface area contributed by atoms with E-state index in [0.717, 1.165) is 18.6 Å². The Bertz CT molecular complexity index is 579. The molecule has 0 spiro atoms. The molecule has 0 bridgehead atoms. The number of rotatable bonds is 7. The zero-order valence-corrected chi connectivity index (χ0v) is 12.3. The highest BCUT2D eigenvalue weighted by molar-refractivity contribution is 5.52. The summed E-state index contributed by atoms with van der Waals surface area (Å²) in [5.41, 5.74) is 7.60. The van der Waals surface area contributed by atoms with Crippen molar-refractivity contribution >= 4 is 11.8 Å². The summed E-state index contributed by atoms with van der Waals surface area (Å²) in [4.78, 5) is 0. The van der Waals surface area contributed by atoms with E-state index in [1.165, 1.54) is 5.56 Å². The van der Waals surface area contributed by atoms with Gasteiger partial charge in [0.2, 0.25) is 0 Å². The van der Waals surface area contributed by atoms with E-state index in [9.17, 15) is 0 Å². The maximum absolute atomic E-state index is 5.72. The molecule has 3 nitrogen and oxygen atoms in total. The van der Waals surface area contributed by atoms with Crippen LogP contribution in [0.15, 0.2) is 54.6 Å². The van der Waals surface area contributed by atoms with Gasteiger partial charge >= 0.3 is 0 Å². The topological polar surface area (TPSA) is 44.5 Å². The molecule has 0 radical (unpaired) electrons. The van der Waals surface area contributed by atoms with Gasteiger partial charge in [0, 0.05) is 11.8 Å². The first-order valence-corrected chi connectivity index (χ1v) is 7.07. The summed E-state index contributed by atoms with van der Waals surface area (Å²) in [6, 6.07) is 15.7. The maximum atomic E-state index is 5.72. The second-order valence-corrected chi connectivity index (χ2v) is 4.71. The largest absolute Gasteiger partial charge is 0.493 e. The summed E-state index contributed by atoms with van der Waals surface area (Å²) >= 11 is 0. The van der Waals surface area contributed by atoms with Crippen molar-refractivity contribution in [1.82, 2.24) is 0 Å². The number of nitrogen functional groups attached to an aromatic ring is 1.